The number of hydrogen-bond donors (Lipinski definition) is 0. The highest BCUT2D eigenvalue weighted by atomic mass is 35.5. The third kappa shape index (κ3) is 3.19. The van der Waals surface area contributed by atoms with E-state index in [1.165, 1.54) is 0 Å². The van der Waals surface area contributed by atoms with Crippen molar-refractivity contribution in [1.82, 2.24) is 4.90 Å². The van der Waals surface area contributed by atoms with Crippen LogP contribution >= 0.6 is 23.2 Å². The first-order valence-electron chi connectivity index (χ1n) is 8.99. The summed E-state index contributed by atoms with van der Waals surface area (Å²) in [7, 11) is 0. The predicted octanol–water partition coefficient (Wildman–Crippen LogP) is 6.39. The van der Waals surface area contributed by atoms with E-state index in [0.717, 1.165) is 46.9 Å². The molecule has 134 valence electrons. The van der Waals surface area contributed by atoms with Gasteiger partial charge in [0.25, 0.3) is 0 Å². The summed E-state index contributed by atoms with van der Waals surface area (Å²) in [4.78, 5) is 5.60. The van der Waals surface area contributed by atoms with E-state index in [1.807, 2.05) is 36.4 Å². The zero-order valence-electron chi connectivity index (χ0n) is 14.3. The van der Waals surface area contributed by atoms with Crippen molar-refractivity contribution in [3.8, 4) is 0 Å². The van der Waals surface area contributed by atoms with E-state index in [4.69, 9.17) is 28.7 Å². The third-order valence-electron chi connectivity index (χ3n) is 5.68. The maximum absolute atomic E-state index is 8.83. The molecule has 2 bridgehead atoms. The van der Waals surface area contributed by atoms with Crippen LogP contribution in [0.2, 0.25) is 10.0 Å². The van der Waals surface area contributed by atoms with Gasteiger partial charge in [0.15, 0.2) is 0 Å². The third-order valence-corrected chi connectivity index (χ3v) is 6.37. The molecule has 2 aliphatic heterocycles. The molecule has 2 saturated heterocycles. The quantitative estimate of drug-likeness (QED) is 0.341. The number of benzene rings is 2. The Labute approximate surface area is 163 Å². The van der Waals surface area contributed by atoms with Crippen molar-refractivity contribution in [2.24, 2.45) is 5.11 Å². The molecule has 2 aromatic rings. The molecule has 2 heterocycles. The Kier molecular flexibility index (Phi) is 5.10. The Morgan fingerprint density at radius 2 is 1.42 bits per heavy atom. The van der Waals surface area contributed by atoms with Crippen LogP contribution in [0.1, 0.15) is 42.9 Å². The Hall–Kier alpha value is -1.71. The molecule has 2 atom stereocenters. The molecular weight excluding hydrogens is 367 g/mol. The van der Waals surface area contributed by atoms with E-state index in [9.17, 15) is 0 Å². The minimum absolute atomic E-state index is 0.0157. The summed E-state index contributed by atoms with van der Waals surface area (Å²) in [5.41, 5.74) is 11.0. The number of azide groups is 1. The van der Waals surface area contributed by atoms with E-state index in [1.54, 1.807) is 0 Å². The van der Waals surface area contributed by atoms with Gasteiger partial charge in [-0.1, -0.05) is 64.7 Å². The first-order chi connectivity index (χ1) is 12.7. The van der Waals surface area contributed by atoms with Crippen LogP contribution in [-0.2, 0) is 0 Å². The Morgan fingerprint density at radius 1 is 0.923 bits per heavy atom. The summed E-state index contributed by atoms with van der Waals surface area (Å²) in [6.45, 7) is 0. The number of halogens is 2. The van der Waals surface area contributed by atoms with Crippen LogP contribution in [0, 0.1) is 0 Å². The Balaban J connectivity index is 1.79. The summed E-state index contributed by atoms with van der Waals surface area (Å²) in [5.74, 6) is 0. The maximum Gasteiger partial charge on any atom is 0.0635 e. The number of rotatable bonds is 4. The summed E-state index contributed by atoms with van der Waals surface area (Å²) < 4.78 is 0. The second kappa shape index (κ2) is 7.50. The molecule has 0 amide bonds. The summed E-state index contributed by atoms with van der Waals surface area (Å²) in [5, 5.41) is 5.52. The standard InChI is InChI=1S/C20H20Cl2N4/c21-18-7-3-1-5-16(18)20(17-6-2-4-8-19(17)22)26-14-9-10-15(26)12-13(11-14)24-25-23/h1-8,13-15,20H,9-12H2. The average molecular weight is 387 g/mol. The van der Waals surface area contributed by atoms with Gasteiger partial charge in [-0.2, -0.15) is 0 Å². The molecule has 2 fully saturated rings. The molecule has 2 unspecified atom stereocenters. The van der Waals surface area contributed by atoms with E-state index in [-0.39, 0.29) is 12.1 Å². The Bertz CT molecular complexity index is 790. The van der Waals surface area contributed by atoms with Crippen LogP contribution in [0.15, 0.2) is 53.6 Å². The second-order valence-corrected chi connectivity index (χ2v) is 7.92. The van der Waals surface area contributed by atoms with E-state index < -0.39 is 0 Å². The number of fused-ring (bicyclic) bond motifs is 2. The molecule has 4 nitrogen and oxygen atoms in total. The fraction of sp³-hybridized carbons (Fsp3) is 0.400. The van der Waals surface area contributed by atoms with Crippen LogP contribution in [0.5, 0.6) is 0 Å². The lowest BCUT2D eigenvalue weighted by atomic mass is 9.90. The van der Waals surface area contributed by atoms with Crippen LogP contribution < -0.4 is 0 Å². The SMILES string of the molecule is [N-]=[N+]=NC1CC2CCC(C1)N2C(c1ccccc1Cl)c1ccccc1Cl. The lowest BCUT2D eigenvalue weighted by molar-refractivity contribution is 0.0948. The maximum atomic E-state index is 8.83. The minimum Gasteiger partial charge on any atom is -0.286 e. The van der Waals surface area contributed by atoms with Crippen molar-refractivity contribution in [2.45, 2.75) is 49.9 Å². The van der Waals surface area contributed by atoms with Gasteiger partial charge in [-0.25, -0.2) is 0 Å². The molecule has 0 saturated carbocycles. The van der Waals surface area contributed by atoms with Gasteiger partial charge in [-0.15, -0.1) is 0 Å². The lowest BCUT2D eigenvalue weighted by Crippen LogP contribution is -2.46. The monoisotopic (exact) mass is 386 g/mol. The lowest BCUT2D eigenvalue weighted by Gasteiger charge is -2.43. The van der Waals surface area contributed by atoms with Gasteiger partial charge in [-0.3, -0.25) is 4.90 Å². The zero-order valence-corrected chi connectivity index (χ0v) is 15.8. The van der Waals surface area contributed by atoms with Gasteiger partial charge in [-0.05, 0) is 54.5 Å². The summed E-state index contributed by atoms with van der Waals surface area (Å²) in [6, 6.07) is 16.9. The molecule has 0 radical (unpaired) electrons. The smallest absolute Gasteiger partial charge is 0.0635 e. The highest BCUT2D eigenvalue weighted by Gasteiger charge is 2.45. The van der Waals surface area contributed by atoms with Crippen LogP contribution in [0.4, 0.5) is 0 Å². The molecule has 26 heavy (non-hydrogen) atoms. The molecule has 2 aliphatic rings. The van der Waals surface area contributed by atoms with E-state index in [2.05, 4.69) is 27.1 Å². The molecule has 0 aromatic heterocycles. The molecule has 0 N–H and O–H groups in total. The zero-order chi connectivity index (χ0) is 18.1. The summed E-state index contributed by atoms with van der Waals surface area (Å²) >= 11 is 13.2. The van der Waals surface area contributed by atoms with E-state index >= 15 is 0 Å². The average Bonchev–Trinajstić information content (AvgIpc) is 2.89. The molecule has 0 spiro atoms. The molecule has 2 aromatic carbocycles. The van der Waals surface area contributed by atoms with Gasteiger partial charge in [0.05, 0.1) is 6.04 Å². The van der Waals surface area contributed by atoms with Gasteiger partial charge in [0.1, 0.15) is 0 Å². The Morgan fingerprint density at radius 3 is 1.88 bits per heavy atom. The van der Waals surface area contributed by atoms with Crippen molar-refractivity contribution >= 4 is 23.2 Å². The van der Waals surface area contributed by atoms with Crippen molar-refractivity contribution in [1.29, 1.82) is 0 Å². The first-order valence-corrected chi connectivity index (χ1v) is 9.75. The van der Waals surface area contributed by atoms with Crippen molar-refractivity contribution in [3.63, 3.8) is 0 Å². The van der Waals surface area contributed by atoms with Crippen LogP contribution in [0.3, 0.4) is 0 Å². The van der Waals surface area contributed by atoms with Crippen molar-refractivity contribution in [2.75, 3.05) is 0 Å². The van der Waals surface area contributed by atoms with E-state index in [0.29, 0.717) is 12.1 Å². The highest BCUT2D eigenvalue weighted by Crippen LogP contribution is 2.47. The molecule has 6 heteroatoms. The highest BCUT2D eigenvalue weighted by molar-refractivity contribution is 6.32. The van der Waals surface area contributed by atoms with Gasteiger partial charge in [0.2, 0.25) is 0 Å². The second-order valence-electron chi connectivity index (χ2n) is 7.11. The van der Waals surface area contributed by atoms with Gasteiger partial charge < -0.3 is 0 Å². The van der Waals surface area contributed by atoms with Crippen LogP contribution in [-0.4, -0.2) is 23.0 Å². The molecule has 4 rings (SSSR count). The van der Waals surface area contributed by atoms with Crippen LogP contribution in [0.25, 0.3) is 10.4 Å². The normalized spacial score (nSPS) is 25.3. The fourth-order valence-electron chi connectivity index (χ4n) is 4.66. The van der Waals surface area contributed by atoms with Crippen molar-refractivity contribution in [3.05, 3.63) is 80.1 Å². The fourth-order valence-corrected chi connectivity index (χ4v) is 5.13. The predicted molar refractivity (Wildman–Crippen MR) is 106 cm³/mol. The number of piperidine rings is 1. The molecular formula is C20H20Cl2N4. The van der Waals surface area contributed by atoms with Gasteiger partial charge >= 0.3 is 0 Å². The first kappa shape index (κ1) is 17.7. The van der Waals surface area contributed by atoms with Gasteiger partial charge in [0, 0.05) is 33.1 Å². The molecule has 0 aliphatic carbocycles. The number of hydrogen-bond acceptors (Lipinski definition) is 2. The van der Waals surface area contributed by atoms with Crippen molar-refractivity contribution < 1.29 is 0 Å². The summed E-state index contributed by atoms with van der Waals surface area (Å²) in [6.07, 6.45) is 4.03. The topological polar surface area (TPSA) is 52.0 Å². The number of nitrogens with zero attached hydrogens (tertiary/aromatic N) is 4. The minimum atomic E-state index is 0.0157. The largest absolute Gasteiger partial charge is 0.286 e.